The molecule has 0 aliphatic carbocycles. The first kappa shape index (κ1) is 57.3. The van der Waals surface area contributed by atoms with Gasteiger partial charge in [0, 0.05) is 19.4 Å². The average Bonchev–Trinajstić information content (AvgIpc) is 3.25. The monoisotopic (exact) mass is 837 g/mol. The van der Waals surface area contributed by atoms with Crippen molar-refractivity contribution in [3.63, 3.8) is 0 Å². The SMILES string of the molecule is CC/C=C\C/C=C\C/C=C\C/C=C\CCCCCCC(=O)OCC(COCCCCCCCC/C=C\CCCC)OC(=O)CCCCCCC/C=C\CCCCCCCC. The molecule has 0 aromatic heterocycles. The van der Waals surface area contributed by atoms with E-state index in [0.717, 1.165) is 96.3 Å². The molecule has 0 aromatic carbocycles. The largest absolute Gasteiger partial charge is 0.462 e. The van der Waals surface area contributed by atoms with Crippen LogP contribution in [0.5, 0.6) is 0 Å². The molecular formula is C55H96O5. The summed E-state index contributed by atoms with van der Waals surface area (Å²) in [7, 11) is 0. The lowest BCUT2D eigenvalue weighted by atomic mass is 10.1. The molecule has 0 aliphatic heterocycles. The summed E-state index contributed by atoms with van der Waals surface area (Å²) in [5.74, 6) is -0.436. The number of carbonyl (C=O) groups is 2. The van der Waals surface area contributed by atoms with Crippen molar-refractivity contribution in [2.45, 2.75) is 245 Å². The summed E-state index contributed by atoms with van der Waals surface area (Å²) in [6, 6.07) is 0. The Morgan fingerprint density at radius 1 is 0.383 bits per heavy atom. The number of carbonyl (C=O) groups excluding carboxylic acids is 2. The number of esters is 2. The fraction of sp³-hybridized carbons (Fsp3) is 0.745. The molecule has 5 heteroatoms. The van der Waals surface area contributed by atoms with Gasteiger partial charge in [-0.15, -0.1) is 0 Å². The Morgan fingerprint density at radius 3 is 1.27 bits per heavy atom. The van der Waals surface area contributed by atoms with Gasteiger partial charge in [-0.2, -0.15) is 0 Å². The highest BCUT2D eigenvalue weighted by atomic mass is 16.6. The second-order valence-electron chi connectivity index (χ2n) is 16.7. The Balaban J connectivity index is 4.32. The lowest BCUT2D eigenvalue weighted by Gasteiger charge is -2.18. The van der Waals surface area contributed by atoms with E-state index in [1.807, 2.05) is 0 Å². The van der Waals surface area contributed by atoms with E-state index in [1.165, 1.54) is 109 Å². The van der Waals surface area contributed by atoms with Crippen molar-refractivity contribution in [1.82, 2.24) is 0 Å². The molecule has 0 radical (unpaired) electrons. The fourth-order valence-electron chi connectivity index (χ4n) is 6.89. The van der Waals surface area contributed by atoms with Gasteiger partial charge >= 0.3 is 11.9 Å². The summed E-state index contributed by atoms with van der Waals surface area (Å²) in [6.07, 6.45) is 64.7. The van der Waals surface area contributed by atoms with Crippen molar-refractivity contribution in [2.75, 3.05) is 19.8 Å². The van der Waals surface area contributed by atoms with Gasteiger partial charge in [0.05, 0.1) is 6.61 Å². The summed E-state index contributed by atoms with van der Waals surface area (Å²) in [5.41, 5.74) is 0. The topological polar surface area (TPSA) is 61.8 Å². The maximum Gasteiger partial charge on any atom is 0.306 e. The number of hydrogen-bond donors (Lipinski definition) is 0. The van der Waals surface area contributed by atoms with Crippen LogP contribution in [0.3, 0.4) is 0 Å². The first-order chi connectivity index (χ1) is 29.6. The van der Waals surface area contributed by atoms with Crippen LogP contribution in [-0.4, -0.2) is 37.9 Å². The summed E-state index contributed by atoms with van der Waals surface area (Å²) < 4.78 is 17.4. The second kappa shape index (κ2) is 50.7. The molecule has 0 fully saturated rings. The van der Waals surface area contributed by atoms with E-state index < -0.39 is 6.10 Å². The standard InChI is InChI=1S/C55H96O5/c1-4-7-10-13-16-19-22-25-27-28-30-31-33-36-39-42-45-48-54(56)59-52-53(51-58-50-47-44-41-38-35-24-21-18-15-12-9-6-3)60-55(57)49-46-43-40-37-34-32-29-26-23-20-17-14-11-8-5-2/h7,10,15-16,18-19,25-27,29-31,53H,4-6,8-9,11-14,17,20-24,28,32-52H2,1-3H3/b10-7-,18-15-,19-16-,27-25-,29-26-,31-30-. The van der Waals surface area contributed by atoms with Gasteiger partial charge in [-0.3, -0.25) is 9.59 Å². The van der Waals surface area contributed by atoms with Gasteiger partial charge in [-0.05, 0) is 103 Å². The predicted octanol–water partition coefficient (Wildman–Crippen LogP) is 17.1. The highest BCUT2D eigenvalue weighted by Crippen LogP contribution is 2.13. The van der Waals surface area contributed by atoms with E-state index in [9.17, 15) is 9.59 Å². The number of allylic oxidation sites excluding steroid dienone is 12. The van der Waals surface area contributed by atoms with Gasteiger partial charge in [0.15, 0.2) is 6.10 Å². The molecule has 0 aromatic rings. The van der Waals surface area contributed by atoms with Crippen molar-refractivity contribution in [3.8, 4) is 0 Å². The van der Waals surface area contributed by atoms with Crippen molar-refractivity contribution in [3.05, 3.63) is 72.9 Å². The zero-order valence-corrected chi connectivity index (χ0v) is 39.7. The first-order valence-corrected chi connectivity index (χ1v) is 25.5. The highest BCUT2D eigenvalue weighted by molar-refractivity contribution is 5.70. The van der Waals surface area contributed by atoms with E-state index in [0.29, 0.717) is 19.4 Å². The van der Waals surface area contributed by atoms with E-state index >= 15 is 0 Å². The quantitative estimate of drug-likeness (QED) is 0.0347. The minimum absolute atomic E-state index is 0.0651. The summed E-state index contributed by atoms with van der Waals surface area (Å²) in [4.78, 5) is 25.4. The van der Waals surface area contributed by atoms with Crippen LogP contribution >= 0.6 is 0 Å². The third-order valence-corrected chi connectivity index (χ3v) is 10.7. The molecular weight excluding hydrogens is 741 g/mol. The molecule has 0 N–H and O–H groups in total. The van der Waals surface area contributed by atoms with E-state index in [1.54, 1.807) is 0 Å². The average molecular weight is 837 g/mol. The lowest BCUT2D eigenvalue weighted by molar-refractivity contribution is -0.163. The lowest BCUT2D eigenvalue weighted by Crippen LogP contribution is -2.30. The molecule has 0 aliphatic rings. The summed E-state index contributed by atoms with van der Waals surface area (Å²) in [6.45, 7) is 7.64. The molecule has 0 amide bonds. The van der Waals surface area contributed by atoms with Gasteiger partial charge in [-0.25, -0.2) is 0 Å². The Kier molecular flexibility index (Phi) is 48.4. The number of hydrogen-bond acceptors (Lipinski definition) is 5. The zero-order chi connectivity index (χ0) is 43.5. The molecule has 0 spiro atoms. The Morgan fingerprint density at radius 2 is 0.767 bits per heavy atom. The van der Waals surface area contributed by atoms with Crippen molar-refractivity contribution >= 4 is 11.9 Å². The third-order valence-electron chi connectivity index (χ3n) is 10.7. The molecule has 1 atom stereocenters. The maximum atomic E-state index is 12.8. The fourth-order valence-corrected chi connectivity index (χ4v) is 6.89. The van der Waals surface area contributed by atoms with Gasteiger partial charge in [0.25, 0.3) is 0 Å². The van der Waals surface area contributed by atoms with Crippen LogP contribution in [-0.2, 0) is 23.8 Å². The number of rotatable bonds is 46. The van der Waals surface area contributed by atoms with Crippen molar-refractivity contribution < 1.29 is 23.8 Å². The van der Waals surface area contributed by atoms with Crippen LogP contribution < -0.4 is 0 Å². The van der Waals surface area contributed by atoms with Gasteiger partial charge in [-0.1, -0.05) is 196 Å². The molecule has 346 valence electrons. The summed E-state index contributed by atoms with van der Waals surface area (Å²) in [5, 5.41) is 0. The molecule has 5 nitrogen and oxygen atoms in total. The summed E-state index contributed by atoms with van der Waals surface area (Å²) >= 11 is 0. The van der Waals surface area contributed by atoms with Crippen LogP contribution in [0.15, 0.2) is 72.9 Å². The van der Waals surface area contributed by atoms with Gasteiger partial charge in [0.1, 0.15) is 6.61 Å². The predicted molar refractivity (Wildman–Crippen MR) is 260 cm³/mol. The molecule has 60 heavy (non-hydrogen) atoms. The Hall–Kier alpha value is -2.66. The van der Waals surface area contributed by atoms with E-state index in [4.69, 9.17) is 14.2 Å². The Bertz CT molecular complexity index is 1080. The molecule has 1 unspecified atom stereocenters. The molecule has 0 rings (SSSR count). The first-order valence-electron chi connectivity index (χ1n) is 25.5. The zero-order valence-electron chi connectivity index (χ0n) is 39.7. The second-order valence-corrected chi connectivity index (χ2v) is 16.7. The maximum absolute atomic E-state index is 12.8. The highest BCUT2D eigenvalue weighted by Gasteiger charge is 2.17. The van der Waals surface area contributed by atoms with Crippen molar-refractivity contribution in [1.29, 1.82) is 0 Å². The molecule has 0 saturated carbocycles. The normalized spacial score (nSPS) is 12.8. The Labute approximate surface area is 372 Å². The van der Waals surface area contributed by atoms with Crippen LogP contribution in [0.25, 0.3) is 0 Å². The van der Waals surface area contributed by atoms with Crippen LogP contribution in [0, 0.1) is 0 Å². The number of ether oxygens (including phenoxy) is 3. The number of unbranched alkanes of at least 4 members (excludes halogenated alkanes) is 23. The van der Waals surface area contributed by atoms with Crippen LogP contribution in [0.1, 0.15) is 239 Å². The van der Waals surface area contributed by atoms with Crippen LogP contribution in [0.4, 0.5) is 0 Å². The molecule has 0 bridgehead atoms. The van der Waals surface area contributed by atoms with Gasteiger partial charge in [0.2, 0.25) is 0 Å². The van der Waals surface area contributed by atoms with E-state index in [2.05, 4.69) is 93.7 Å². The smallest absolute Gasteiger partial charge is 0.306 e. The molecule has 0 saturated heterocycles. The van der Waals surface area contributed by atoms with Gasteiger partial charge < -0.3 is 14.2 Å². The minimum atomic E-state index is -0.555. The minimum Gasteiger partial charge on any atom is -0.462 e. The van der Waals surface area contributed by atoms with Crippen LogP contribution in [0.2, 0.25) is 0 Å². The molecule has 0 heterocycles. The third kappa shape index (κ3) is 48.0. The van der Waals surface area contributed by atoms with Crippen molar-refractivity contribution in [2.24, 2.45) is 0 Å². The van der Waals surface area contributed by atoms with E-state index in [-0.39, 0.29) is 25.2 Å².